The van der Waals surface area contributed by atoms with E-state index in [0.29, 0.717) is 17.0 Å². The molecule has 2 N–H and O–H groups in total. The quantitative estimate of drug-likeness (QED) is 0.394. The fourth-order valence-electron chi connectivity index (χ4n) is 6.30. The Labute approximate surface area is 195 Å². The minimum absolute atomic E-state index is 0.00550. The fourth-order valence-corrected chi connectivity index (χ4v) is 7.19. The lowest BCUT2D eigenvalue weighted by atomic mass is 9.56. The van der Waals surface area contributed by atoms with E-state index < -0.39 is 15.0 Å². The molecule has 0 aliphatic heterocycles. The van der Waals surface area contributed by atoms with Crippen molar-refractivity contribution >= 4 is 10.1 Å². The summed E-state index contributed by atoms with van der Waals surface area (Å²) in [5.41, 5.74) is 0.602. The van der Waals surface area contributed by atoms with Gasteiger partial charge in [0.1, 0.15) is 5.75 Å². The van der Waals surface area contributed by atoms with Gasteiger partial charge in [-0.1, -0.05) is 62.3 Å². The number of aromatic hydroxyl groups is 1. The highest BCUT2D eigenvalue weighted by Crippen LogP contribution is 2.60. The Morgan fingerprint density at radius 1 is 0.906 bits per heavy atom. The molecule has 1 unspecified atom stereocenters. The summed E-state index contributed by atoms with van der Waals surface area (Å²) in [4.78, 5) is -0.546. The smallest absolute Gasteiger partial charge is 0.302 e. The molecular formula is C25H44O6S. The first-order chi connectivity index (χ1) is 14.2. The molecule has 1 rings (SSSR count). The molecule has 0 fully saturated rings. The van der Waals surface area contributed by atoms with Crippen LogP contribution in [0.1, 0.15) is 92.2 Å². The minimum atomic E-state index is -4.70. The molecule has 1 atom stereocenters. The van der Waals surface area contributed by atoms with E-state index in [9.17, 15) is 18.1 Å². The van der Waals surface area contributed by atoms with Gasteiger partial charge in [-0.25, -0.2) is 0 Å². The van der Waals surface area contributed by atoms with Gasteiger partial charge in [0.2, 0.25) is 0 Å². The second-order valence-electron chi connectivity index (χ2n) is 12.0. The molecular weight excluding hydrogens is 428 g/mol. The van der Waals surface area contributed by atoms with Crippen molar-refractivity contribution in [3.8, 4) is 17.2 Å². The monoisotopic (exact) mass is 472 g/mol. The molecule has 0 aromatic heterocycles. The third kappa shape index (κ3) is 6.10. The van der Waals surface area contributed by atoms with Gasteiger partial charge in [0.25, 0.3) is 0 Å². The molecule has 0 saturated heterocycles. The van der Waals surface area contributed by atoms with Crippen LogP contribution in [-0.4, -0.2) is 32.3 Å². The van der Waals surface area contributed by atoms with Gasteiger partial charge in [-0.05, 0) is 53.4 Å². The van der Waals surface area contributed by atoms with Gasteiger partial charge in [-0.3, -0.25) is 4.55 Å². The van der Waals surface area contributed by atoms with Crippen molar-refractivity contribution in [1.82, 2.24) is 0 Å². The van der Waals surface area contributed by atoms with Gasteiger partial charge in [0.05, 0.1) is 14.2 Å². The van der Waals surface area contributed by atoms with Crippen LogP contribution in [0.15, 0.2) is 4.90 Å². The molecule has 0 radical (unpaired) electrons. The van der Waals surface area contributed by atoms with E-state index >= 15 is 0 Å². The SMILES string of the molecule is COc1c(C)c(C(C(C)(C)CC(C)C)C(C)(C)CC(C)(C)C)c(O)c(OC)c1S(=O)(=O)O. The van der Waals surface area contributed by atoms with Gasteiger partial charge in [-0.15, -0.1) is 0 Å². The van der Waals surface area contributed by atoms with Crippen LogP contribution in [0.5, 0.6) is 17.2 Å². The van der Waals surface area contributed by atoms with Crippen molar-refractivity contribution in [2.24, 2.45) is 22.2 Å². The Kier molecular flexibility index (Phi) is 8.40. The average Bonchev–Trinajstić information content (AvgIpc) is 2.53. The summed E-state index contributed by atoms with van der Waals surface area (Å²) in [6.07, 6.45) is 1.77. The zero-order valence-electron chi connectivity index (χ0n) is 22.0. The van der Waals surface area contributed by atoms with Gasteiger partial charge >= 0.3 is 10.1 Å². The van der Waals surface area contributed by atoms with Crippen molar-refractivity contribution in [1.29, 1.82) is 0 Å². The van der Waals surface area contributed by atoms with Gasteiger partial charge in [-0.2, -0.15) is 8.42 Å². The molecule has 7 heteroatoms. The number of ether oxygens (including phenoxy) is 2. The van der Waals surface area contributed by atoms with Crippen molar-refractivity contribution in [3.63, 3.8) is 0 Å². The number of rotatable bonds is 9. The summed E-state index contributed by atoms with van der Waals surface area (Å²) in [6, 6.07) is 0. The van der Waals surface area contributed by atoms with E-state index in [-0.39, 0.29) is 39.4 Å². The molecule has 0 spiro atoms. The zero-order chi connectivity index (χ0) is 25.4. The predicted octanol–water partition coefficient (Wildman–Crippen LogP) is 6.58. The minimum Gasteiger partial charge on any atom is -0.504 e. The molecule has 32 heavy (non-hydrogen) atoms. The lowest BCUT2D eigenvalue weighted by Crippen LogP contribution is -2.38. The van der Waals surface area contributed by atoms with Gasteiger partial charge in [0.15, 0.2) is 16.4 Å². The van der Waals surface area contributed by atoms with Crippen LogP contribution in [-0.2, 0) is 10.1 Å². The van der Waals surface area contributed by atoms with Crippen molar-refractivity contribution in [2.75, 3.05) is 14.2 Å². The Hall–Kier alpha value is -1.47. The summed E-state index contributed by atoms with van der Waals surface area (Å²) >= 11 is 0. The largest absolute Gasteiger partial charge is 0.504 e. The zero-order valence-corrected chi connectivity index (χ0v) is 22.8. The van der Waals surface area contributed by atoms with Crippen molar-refractivity contribution in [3.05, 3.63) is 11.1 Å². The third-order valence-electron chi connectivity index (χ3n) is 6.07. The molecule has 0 bridgehead atoms. The Bertz CT molecular complexity index is 890. The molecule has 0 aliphatic carbocycles. The first-order valence-corrected chi connectivity index (χ1v) is 12.6. The first-order valence-electron chi connectivity index (χ1n) is 11.2. The van der Waals surface area contributed by atoms with Crippen LogP contribution in [0.2, 0.25) is 0 Å². The Morgan fingerprint density at radius 2 is 1.38 bits per heavy atom. The second kappa shape index (κ2) is 9.41. The average molecular weight is 473 g/mol. The molecule has 0 saturated carbocycles. The maximum Gasteiger partial charge on any atom is 0.302 e. The molecule has 0 amide bonds. The number of methoxy groups -OCH3 is 2. The van der Waals surface area contributed by atoms with Crippen LogP contribution < -0.4 is 9.47 Å². The van der Waals surface area contributed by atoms with E-state index in [1.165, 1.54) is 14.2 Å². The molecule has 1 aromatic rings. The highest BCUT2D eigenvalue weighted by atomic mass is 32.2. The summed E-state index contributed by atoms with van der Waals surface area (Å²) in [7, 11) is -2.08. The first kappa shape index (κ1) is 28.6. The van der Waals surface area contributed by atoms with Crippen LogP contribution in [0.25, 0.3) is 0 Å². The fraction of sp³-hybridized carbons (Fsp3) is 0.760. The van der Waals surface area contributed by atoms with E-state index in [4.69, 9.17) is 9.47 Å². The number of phenolic OH excluding ortho intramolecular Hbond substituents is 1. The van der Waals surface area contributed by atoms with E-state index in [0.717, 1.165) is 12.8 Å². The number of benzene rings is 1. The summed E-state index contributed by atoms with van der Waals surface area (Å²) < 4.78 is 45.1. The molecule has 6 nitrogen and oxygen atoms in total. The lowest BCUT2D eigenvalue weighted by Gasteiger charge is -2.49. The number of hydrogen-bond donors (Lipinski definition) is 2. The summed E-state index contributed by atoms with van der Waals surface area (Å²) in [5.74, 6) is -0.297. The lowest BCUT2D eigenvalue weighted by molar-refractivity contribution is 0.0763. The molecule has 0 heterocycles. The predicted molar refractivity (Wildman–Crippen MR) is 130 cm³/mol. The third-order valence-corrected chi connectivity index (χ3v) is 6.95. The Balaban J connectivity index is 4.16. The summed E-state index contributed by atoms with van der Waals surface area (Å²) in [5, 5.41) is 11.4. The van der Waals surface area contributed by atoms with Crippen molar-refractivity contribution < 1.29 is 27.6 Å². The van der Waals surface area contributed by atoms with E-state index in [1.807, 2.05) is 0 Å². The van der Waals surface area contributed by atoms with Crippen LogP contribution >= 0.6 is 0 Å². The summed E-state index contributed by atoms with van der Waals surface area (Å²) in [6.45, 7) is 21.4. The highest BCUT2D eigenvalue weighted by Gasteiger charge is 2.47. The Morgan fingerprint density at radius 3 is 1.72 bits per heavy atom. The maximum atomic E-state index is 12.2. The number of phenols is 1. The normalized spacial score (nSPS) is 14.6. The van der Waals surface area contributed by atoms with E-state index in [1.54, 1.807) is 6.92 Å². The van der Waals surface area contributed by atoms with E-state index in [2.05, 4.69) is 62.3 Å². The van der Waals surface area contributed by atoms with Gasteiger partial charge in [0, 0.05) is 5.56 Å². The van der Waals surface area contributed by atoms with Crippen molar-refractivity contribution in [2.45, 2.75) is 92.9 Å². The van der Waals surface area contributed by atoms with Crippen LogP contribution in [0, 0.1) is 29.1 Å². The highest BCUT2D eigenvalue weighted by molar-refractivity contribution is 7.86. The number of hydrogen-bond acceptors (Lipinski definition) is 5. The molecule has 186 valence electrons. The molecule has 1 aromatic carbocycles. The maximum absolute atomic E-state index is 12.2. The van der Waals surface area contributed by atoms with Crippen LogP contribution in [0.4, 0.5) is 0 Å². The van der Waals surface area contributed by atoms with Crippen LogP contribution in [0.3, 0.4) is 0 Å². The van der Waals surface area contributed by atoms with Gasteiger partial charge < -0.3 is 14.6 Å². The second-order valence-corrected chi connectivity index (χ2v) is 13.4. The topological polar surface area (TPSA) is 93.1 Å². The molecule has 0 aliphatic rings. The standard InChI is InChI=1S/C25H44O6S/c1-15(2)13-24(7,8)22(25(9,10)14-23(4,5)6)17-16(3)19(30-11)21(32(27,28)29)20(31-12)18(17)26/h15,22,26H,13-14H2,1-12H3,(H,27,28,29).